The molecule has 108 valence electrons. The molecule has 4 nitrogen and oxygen atoms in total. The molecule has 0 atom stereocenters. The average molecular weight is 266 g/mol. The topological polar surface area (TPSA) is 43.4 Å². The Bertz CT molecular complexity index is 325. The zero-order chi connectivity index (χ0) is 13.9. The van der Waals surface area contributed by atoms with Gasteiger partial charge in [0.05, 0.1) is 18.5 Å². The minimum absolute atomic E-state index is 0.662. The zero-order valence-corrected chi connectivity index (χ0v) is 12.3. The van der Waals surface area contributed by atoms with Crippen molar-refractivity contribution in [3.05, 3.63) is 24.0 Å². The van der Waals surface area contributed by atoms with E-state index in [9.17, 15) is 0 Å². The average Bonchev–Trinajstić information content (AvgIpc) is 2.40. The van der Waals surface area contributed by atoms with E-state index in [0.717, 1.165) is 50.6 Å². The van der Waals surface area contributed by atoms with Crippen LogP contribution >= 0.6 is 0 Å². The predicted octanol–water partition coefficient (Wildman–Crippen LogP) is 2.63. The number of rotatable bonds is 10. The number of hydrogen-bond acceptors (Lipinski definition) is 4. The Morgan fingerprint density at radius 1 is 1.21 bits per heavy atom. The van der Waals surface area contributed by atoms with Crippen molar-refractivity contribution in [1.29, 1.82) is 0 Å². The number of methoxy groups -OCH3 is 1. The molecular weight excluding hydrogens is 240 g/mol. The number of ether oxygens (including phenoxy) is 2. The first kappa shape index (κ1) is 15.9. The van der Waals surface area contributed by atoms with Crippen LogP contribution in [0.5, 0.6) is 5.75 Å². The molecule has 1 aromatic heterocycles. The predicted molar refractivity (Wildman–Crippen MR) is 77.4 cm³/mol. The largest absolute Gasteiger partial charge is 0.492 e. The van der Waals surface area contributed by atoms with Crippen LogP contribution < -0.4 is 10.1 Å². The molecule has 1 heterocycles. The first-order valence-electron chi connectivity index (χ1n) is 6.99. The Hall–Kier alpha value is -1.13. The van der Waals surface area contributed by atoms with Crippen molar-refractivity contribution in [2.45, 2.75) is 33.2 Å². The molecule has 0 amide bonds. The van der Waals surface area contributed by atoms with Gasteiger partial charge in [0.1, 0.15) is 5.75 Å². The second-order valence-corrected chi connectivity index (χ2v) is 5.06. The molecular formula is C15H26N2O2. The van der Waals surface area contributed by atoms with E-state index in [0.29, 0.717) is 5.92 Å². The Kier molecular flexibility index (Phi) is 8.18. The van der Waals surface area contributed by atoms with Gasteiger partial charge in [-0.15, -0.1) is 0 Å². The van der Waals surface area contributed by atoms with Gasteiger partial charge in [-0.1, -0.05) is 13.8 Å². The first-order chi connectivity index (χ1) is 9.22. The molecule has 1 aromatic rings. The van der Waals surface area contributed by atoms with Crippen LogP contribution in [0.15, 0.2) is 18.3 Å². The van der Waals surface area contributed by atoms with E-state index in [1.54, 1.807) is 13.3 Å². The summed E-state index contributed by atoms with van der Waals surface area (Å²) in [5, 5.41) is 3.37. The van der Waals surface area contributed by atoms with E-state index in [1.807, 2.05) is 12.1 Å². The standard InChI is InChI=1S/C15H26N2O2/c1-13(2)10-16-11-14-6-7-15(12-17-14)19-9-5-4-8-18-3/h6-7,12-13,16H,4-5,8-11H2,1-3H3. The molecule has 0 aliphatic heterocycles. The summed E-state index contributed by atoms with van der Waals surface area (Å²) < 4.78 is 10.6. The molecule has 1 N–H and O–H groups in total. The first-order valence-corrected chi connectivity index (χ1v) is 6.99. The molecule has 0 aliphatic carbocycles. The third kappa shape index (κ3) is 7.80. The van der Waals surface area contributed by atoms with Gasteiger partial charge in [0.15, 0.2) is 0 Å². The normalized spacial score (nSPS) is 10.9. The van der Waals surface area contributed by atoms with Crippen molar-refractivity contribution in [2.24, 2.45) is 5.92 Å². The number of nitrogens with one attached hydrogen (secondary N) is 1. The lowest BCUT2D eigenvalue weighted by Crippen LogP contribution is -2.19. The summed E-state index contributed by atoms with van der Waals surface area (Å²) in [5.41, 5.74) is 1.05. The van der Waals surface area contributed by atoms with Crippen molar-refractivity contribution in [1.82, 2.24) is 10.3 Å². The third-order valence-electron chi connectivity index (χ3n) is 2.67. The van der Waals surface area contributed by atoms with Gasteiger partial charge in [-0.2, -0.15) is 0 Å². The smallest absolute Gasteiger partial charge is 0.137 e. The summed E-state index contributed by atoms with van der Waals surface area (Å²) in [6.45, 7) is 7.73. The van der Waals surface area contributed by atoms with Gasteiger partial charge >= 0.3 is 0 Å². The molecule has 0 radical (unpaired) electrons. The maximum absolute atomic E-state index is 5.61. The Balaban J connectivity index is 2.19. The van der Waals surface area contributed by atoms with E-state index >= 15 is 0 Å². The molecule has 4 heteroatoms. The molecule has 0 bridgehead atoms. The molecule has 0 spiro atoms. The summed E-state index contributed by atoms with van der Waals surface area (Å²) in [6, 6.07) is 3.99. The fourth-order valence-electron chi connectivity index (χ4n) is 1.63. The molecule has 0 aliphatic rings. The van der Waals surface area contributed by atoms with Gasteiger partial charge in [0, 0.05) is 20.3 Å². The van der Waals surface area contributed by atoms with Gasteiger partial charge in [-0.25, -0.2) is 0 Å². The highest BCUT2D eigenvalue weighted by atomic mass is 16.5. The van der Waals surface area contributed by atoms with Crippen LogP contribution in [-0.4, -0.2) is 31.9 Å². The van der Waals surface area contributed by atoms with Gasteiger partial charge in [-0.3, -0.25) is 4.98 Å². The Morgan fingerprint density at radius 2 is 2.00 bits per heavy atom. The minimum atomic E-state index is 0.662. The maximum Gasteiger partial charge on any atom is 0.137 e. The monoisotopic (exact) mass is 266 g/mol. The van der Waals surface area contributed by atoms with Gasteiger partial charge in [-0.05, 0) is 37.4 Å². The van der Waals surface area contributed by atoms with Crippen LogP contribution in [0.4, 0.5) is 0 Å². The van der Waals surface area contributed by atoms with Crippen molar-refractivity contribution < 1.29 is 9.47 Å². The van der Waals surface area contributed by atoms with E-state index in [1.165, 1.54) is 0 Å². The number of aromatic nitrogens is 1. The van der Waals surface area contributed by atoms with Gasteiger partial charge < -0.3 is 14.8 Å². The molecule has 0 fully saturated rings. The van der Waals surface area contributed by atoms with Crippen LogP contribution in [-0.2, 0) is 11.3 Å². The highest BCUT2D eigenvalue weighted by Crippen LogP contribution is 2.09. The SMILES string of the molecule is COCCCCOc1ccc(CNCC(C)C)nc1. The summed E-state index contributed by atoms with van der Waals surface area (Å²) in [4.78, 5) is 4.38. The lowest BCUT2D eigenvalue weighted by Gasteiger charge is -2.08. The van der Waals surface area contributed by atoms with Gasteiger partial charge in [0.2, 0.25) is 0 Å². The minimum Gasteiger partial charge on any atom is -0.492 e. The second kappa shape index (κ2) is 9.75. The fraction of sp³-hybridized carbons (Fsp3) is 0.667. The van der Waals surface area contributed by atoms with E-state index < -0.39 is 0 Å². The Morgan fingerprint density at radius 3 is 2.63 bits per heavy atom. The lowest BCUT2D eigenvalue weighted by molar-refractivity contribution is 0.184. The molecule has 19 heavy (non-hydrogen) atoms. The van der Waals surface area contributed by atoms with Crippen molar-refractivity contribution >= 4 is 0 Å². The number of unbranched alkanes of at least 4 members (excludes halogenated alkanes) is 1. The van der Waals surface area contributed by atoms with Crippen LogP contribution in [0.2, 0.25) is 0 Å². The highest BCUT2D eigenvalue weighted by Gasteiger charge is 1.98. The Labute approximate surface area is 116 Å². The van der Waals surface area contributed by atoms with Gasteiger partial charge in [0.25, 0.3) is 0 Å². The molecule has 0 saturated heterocycles. The van der Waals surface area contributed by atoms with Crippen molar-refractivity contribution in [2.75, 3.05) is 26.9 Å². The molecule has 0 saturated carbocycles. The molecule has 0 unspecified atom stereocenters. The van der Waals surface area contributed by atoms with E-state index in [4.69, 9.17) is 9.47 Å². The highest BCUT2D eigenvalue weighted by molar-refractivity contribution is 5.19. The quantitative estimate of drug-likeness (QED) is 0.661. The van der Waals surface area contributed by atoms with Crippen LogP contribution in [0.25, 0.3) is 0 Å². The van der Waals surface area contributed by atoms with Crippen LogP contribution in [0.3, 0.4) is 0 Å². The summed E-state index contributed by atoms with van der Waals surface area (Å²) >= 11 is 0. The number of pyridine rings is 1. The maximum atomic E-state index is 5.61. The van der Waals surface area contributed by atoms with Crippen molar-refractivity contribution in [3.63, 3.8) is 0 Å². The summed E-state index contributed by atoms with van der Waals surface area (Å²) in [5.74, 6) is 1.50. The lowest BCUT2D eigenvalue weighted by atomic mass is 10.2. The van der Waals surface area contributed by atoms with E-state index in [-0.39, 0.29) is 0 Å². The van der Waals surface area contributed by atoms with Crippen LogP contribution in [0, 0.1) is 5.92 Å². The summed E-state index contributed by atoms with van der Waals surface area (Å²) in [6.07, 6.45) is 3.83. The fourth-order valence-corrected chi connectivity index (χ4v) is 1.63. The summed E-state index contributed by atoms with van der Waals surface area (Å²) in [7, 11) is 1.72. The van der Waals surface area contributed by atoms with Crippen LogP contribution in [0.1, 0.15) is 32.4 Å². The number of nitrogens with zero attached hydrogens (tertiary/aromatic N) is 1. The molecule has 0 aromatic carbocycles. The van der Waals surface area contributed by atoms with E-state index in [2.05, 4.69) is 24.1 Å². The molecule has 1 rings (SSSR count). The van der Waals surface area contributed by atoms with Crippen molar-refractivity contribution in [3.8, 4) is 5.75 Å². The zero-order valence-electron chi connectivity index (χ0n) is 12.3. The number of hydrogen-bond donors (Lipinski definition) is 1. The third-order valence-corrected chi connectivity index (χ3v) is 2.67. The second-order valence-electron chi connectivity index (χ2n) is 5.06.